The van der Waals surface area contributed by atoms with Crippen molar-refractivity contribution in [2.45, 2.75) is 44.2 Å². The van der Waals surface area contributed by atoms with Crippen LogP contribution in [0.3, 0.4) is 0 Å². The number of pyridine rings is 1. The average molecular weight is 601 g/mol. The second-order valence-electron chi connectivity index (χ2n) is 9.93. The minimum absolute atomic E-state index is 0.104. The molecule has 2 atom stereocenters. The van der Waals surface area contributed by atoms with Crippen LogP contribution in [-0.2, 0) is 4.79 Å². The fourth-order valence-corrected chi connectivity index (χ4v) is 4.99. The van der Waals surface area contributed by atoms with Gasteiger partial charge in [0, 0.05) is 36.3 Å². The first-order valence-corrected chi connectivity index (χ1v) is 13.7. The van der Waals surface area contributed by atoms with Crippen molar-refractivity contribution in [2.75, 3.05) is 32.6 Å². The van der Waals surface area contributed by atoms with E-state index in [2.05, 4.69) is 26.5 Å². The second kappa shape index (κ2) is 14.7. The molecule has 2 aromatic carbocycles. The number of benzene rings is 2. The smallest absolute Gasteiger partial charge is 0.398 e. The molecule has 230 valence electrons. The second-order valence-corrected chi connectivity index (χ2v) is 9.93. The maximum Gasteiger partial charge on any atom is 0.398 e. The van der Waals surface area contributed by atoms with Crippen molar-refractivity contribution >= 4 is 23.9 Å². The minimum atomic E-state index is -4.58. The molecule has 12 heteroatoms. The van der Waals surface area contributed by atoms with E-state index in [4.69, 9.17) is 15.1 Å². The largest absolute Gasteiger partial charge is 0.490 e. The van der Waals surface area contributed by atoms with Crippen LogP contribution >= 0.6 is 0 Å². The van der Waals surface area contributed by atoms with Gasteiger partial charge in [0.1, 0.15) is 35.7 Å². The number of rotatable bonds is 8. The molecule has 2 heterocycles. The Morgan fingerprint density at radius 2 is 1.84 bits per heavy atom. The first-order valence-electron chi connectivity index (χ1n) is 13.7. The van der Waals surface area contributed by atoms with Gasteiger partial charge in [0.05, 0.1) is 18.0 Å². The summed E-state index contributed by atoms with van der Waals surface area (Å²) in [6.45, 7) is 3.81. The molecule has 3 aromatic rings. The Kier molecular flexibility index (Phi) is 11.4. The molecule has 2 unspecified atom stereocenters. The molecule has 1 aliphatic heterocycles. The van der Waals surface area contributed by atoms with Crippen LogP contribution in [0.2, 0.25) is 0 Å². The standard InChI is InChI=1S/C29H29F4N5O.CH5N.CH2O/c1-16-15-39-28-21(16)13-24(37-27(28)18-6-9-20(30)10-7-18)22(29(31,32)33)14-36-26(17-4-3-5-17)19-8-11-23(35-2)25(12-19)38-34;2*1-2/h6-13,16,22,34-36H,3-5,14-15H2,1-2H3;2H2,1H3;1H2. The molecule has 8 nitrogen and oxygen atoms in total. The third kappa shape index (κ3) is 7.37. The normalized spacial score (nSPS) is 15.7. The van der Waals surface area contributed by atoms with Crippen molar-refractivity contribution in [3.63, 3.8) is 0 Å². The molecule has 1 fully saturated rings. The summed E-state index contributed by atoms with van der Waals surface area (Å²) >= 11 is 0. The molecule has 1 saturated carbocycles. The number of hydrogen-bond donors (Lipinski definition) is 4. The number of ether oxygens (including phenoxy) is 1. The van der Waals surface area contributed by atoms with Crippen LogP contribution in [-0.4, -0.2) is 45.2 Å². The Hall–Kier alpha value is -4.32. The fourth-order valence-electron chi connectivity index (χ4n) is 4.99. The topological polar surface area (TPSA) is 125 Å². The average Bonchev–Trinajstić information content (AvgIpc) is 3.37. The highest BCUT2D eigenvalue weighted by molar-refractivity contribution is 5.76. The van der Waals surface area contributed by atoms with E-state index in [0.717, 1.165) is 24.8 Å². The molecule has 1 aromatic heterocycles. The maximum atomic E-state index is 14.6. The van der Waals surface area contributed by atoms with Crippen LogP contribution in [0.15, 0.2) is 59.2 Å². The van der Waals surface area contributed by atoms with Crippen LogP contribution < -0.4 is 21.1 Å². The molecule has 5 rings (SSSR count). The monoisotopic (exact) mass is 600 g/mol. The Labute approximate surface area is 248 Å². The zero-order valence-electron chi connectivity index (χ0n) is 24.3. The molecule has 43 heavy (non-hydrogen) atoms. The van der Waals surface area contributed by atoms with Gasteiger partial charge in [-0.15, -0.1) is 0 Å². The fraction of sp³-hybridized carbons (Fsp3) is 0.355. The number of carbonyl (C=O) groups is 1. The molecule has 0 radical (unpaired) electrons. The van der Waals surface area contributed by atoms with Crippen LogP contribution in [0.4, 0.5) is 28.9 Å². The number of nitrogens with zero attached hydrogens (tertiary/aromatic N) is 2. The molecular weight excluding hydrogens is 564 g/mol. The molecule has 1 aliphatic carbocycles. The Bertz CT molecular complexity index is 1440. The predicted molar refractivity (Wildman–Crippen MR) is 159 cm³/mol. The lowest BCUT2D eigenvalue weighted by atomic mass is 9.87. The maximum absolute atomic E-state index is 14.6. The lowest BCUT2D eigenvalue weighted by molar-refractivity contribution is -0.149. The van der Waals surface area contributed by atoms with Gasteiger partial charge in [-0.2, -0.15) is 18.3 Å². The van der Waals surface area contributed by atoms with Crippen molar-refractivity contribution in [3.8, 4) is 17.0 Å². The van der Waals surface area contributed by atoms with Gasteiger partial charge in [0.2, 0.25) is 0 Å². The van der Waals surface area contributed by atoms with Crippen molar-refractivity contribution in [3.05, 3.63) is 76.7 Å². The molecule has 2 aliphatic rings. The lowest BCUT2D eigenvalue weighted by Crippen LogP contribution is -2.32. The highest BCUT2D eigenvalue weighted by Gasteiger charge is 2.43. The van der Waals surface area contributed by atoms with Crippen molar-refractivity contribution in [2.24, 2.45) is 10.8 Å². The van der Waals surface area contributed by atoms with Crippen LogP contribution in [0.5, 0.6) is 5.75 Å². The summed E-state index contributed by atoms with van der Waals surface area (Å²) in [4.78, 5) is 12.5. The van der Waals surface area contributed by atoms with Gasteiger partial charge in [-0.1, -0.05) is 13.0 Å². The summed E-state index contributed by atoms with van der Waals surface area (Å²) in [5.74, 6) is -2.00. The Morgan fingerprint density at radius 3 is 2.40 bits per heavy atom. The van der Waals surface area contributed by atoms with Gasteiger partial charge in [-0.25, -0.2) is 14.9 Å². The first kappa shape index (κ1) is 33.2. The van der Waals surface area contributed by atoms with E-state index in [1.807, 2.05) is 19.8 Å². The summed E-state index contributed by atoms with van der Waals surface area (Å²) < 4.78 is 63.1. The first-order chi connectivity index (χ1) is 20.7. The molecule has 0 bridgehead atoms. The number of alkyl halides is 3. The van der Waals surface area contributed by atoms with Crippen molar-refractivity contribution < 1.29 is 27.1 Å². The van der Waals surface area contributed by atoms with Gasteiger partial charge in [-0.05, 0) is 79.9 Å². The van der Waals surface area contributed by atoms with Gasteiger partial charge < -0.3 is 25.9 Å². The summed E-state index contributed by atoms with van der Waals surface area (Å²) in [5, 5.41) is 9.63. The highest BCUT2D eigenvalue weighted by Crippen LogP contribution is 2.44. The van der Waals surface area contributed by atoms with Crippen LogP contribution in [0.25, 0.3) is 17.0 Å². The summed E-state index contributed by atoms with van der Waals surface area (Å²) in [6, 6.07) is 12.3. The predicted octanol–water partition coefficient (Wildman–Crippen LogP) is 7.31. The number of allylic oxidation sites excluding steroid dienone is 1. The van der Waals surface area contributed by atoms with Gasteiger partial charge in [0.15, 0.2) is 0 Å². The van der Waals surface area contributed by atoms with E-state index in [-0.39, 0.29) is 17.3 Å². The van der Waals surface area contributed by atoms with Gasteiger partial charge in [-0.3, -0.25) is 0 Å². The number of nitrogens with one attached hydrogen (secondary N) is 3. The van der Waals surface area contributed by atoms with E-state index < -0.39 is 24.5 Å². The SMILES string of the molecule is C=O.CN.CNc1ccc(C(NCC(c2cc3c(c(-c4ccc(F)cc4)n2)OCC3C)C(F)(F)F)=C2CCC2)cc1N=N. The number of hydrogen-bond acceptors (Lipinski definition) is 8. The van der Waals surface area contributed by atoms with E-state index in [1.54, 1.807) is 19.2 Å². The van der Waals surface area contributed by atoms with Crippen LogP contribution in [0.1, 0.15) is 54.8 Å². The van der Waals surface area contributed by atoms with E-state index in [9.17, 15) is 17.6 Å². The lowest BCUT2D eigenvalue weighted by Gasteiger charge is -2.27. The third-order valence-electron chi connectivity index (χ3n) is 7.37. The number of nitrogens with two attached hydrogens (primary N) is 1. The zero-order chi connectivity index (χ0) is 31.7. The number of fused-ring (bicyclic) bond motifs is 1. The summed E-state index contributed by atoms with van der Waals surface area (Å²) in [5.41, 5.74) is 16.7. The van der Waals surface area contributed by atoms with Crippen LogP contribution in [0, 0.1) is 11.3 Å². The highest BCUT2D eigenvalue weighted by atomic mass is 19.4. The Morgan fingerprint density at radius 1 is 1.16 bits per heavy atom. The van der Waals surface area contributed by atoms with E-state index in [1.165, 1.54) is 37.4 Å². The summed E-state index contributed by atoms with van der Waals surface area (Å²) in [6.07, 6.45) is -2.02. The van der Waals surface area contributed by atoms with E-state index >= 15 is 0 Å². The zero-order valence-corrected chi connectivity index (χ0v) is 24.3. The third-order valence-corrected chi connectivity index (χ3v) is 7.37. The Balaban J connectivity index is 0.00000121. The molecule has 5 N–H and O–H groups in total. The molecule has 0 amide bonds. The number of anilines is 1. The molecular formula is C31H36F4N6O2. The molecule has 0 spiro atoms. The number of aromatic nitrogens is 1. The van der Waals surface area contributed by atoms with E-state index in [0.29, 0.717) is 46.1 Å². The summed E-state index contributed by atoms with van der Waals surface area (Å²) in [7, 11) is 3.22. The van der Waals surface area contributed by atoms with Gasteiger partial charge in [0.25, 0.3) is 0 Å². The van der Waals surface area contributed by atoms with Crippen molar-refractivity contribution in [1.29, 1.82) is 5.53 Å². The minimum Gasteiger partial charge on any atom is -0.490 e. The quantitative estimate of drug-likeness (QED) is 0.159. The number of carbonyl (C=O) groups excluding carboxylic acids is 1. The molecule has 0 saturated heterocycles. The number of halogens is 4. The van der Waals surface area contributed by atoms with Crippen molar-refractivity contribution in [1.82, 2.24) is 10.3 Å². The van der Waals surface area contributed by atoms with Gasteiger partial charge >= 0.3 is 6.18 Å².